The third-order valence-corrected chi connectivity index (χ3v) is 5.71. The standard InChI is InChI=1S/C23H29N7O2/c1-3-17-12-20-21(27-22(17)31)11-16(13-24-20)15-29-7-9-30(10-8-29)18-5-6-19(25-14-18)23(32)28-26-4-2/h5-6,11-14,26H,3-4,7-10,15H2,1-2H3,(H,27,31)(H,28,32). The lowest BCUT2D eigenvalue weighted by atomic mass is 10.1. The molecule has 0 spiro atoms. The van der Waals surface area contributed by atoms with Crippen molar-refractivity contribution in [1.29, 1.82) is 0 Å². The van der Waals surface area contributed by atoms with E-state index in [1.165, 1.54) is 0 Å². The minimum Gasteiger partial charge on any atom is -0.368 e. The lowest BCUT2D eigenvalue weighted by Gasteiger charge is -2.36. The lowest BCUT2D eigenvalue weighted by Crippen LogP contribution is -2.46. The van der Waals surface area contributed by atoms with Gasteiger partial charge in [0.1, 0.15) is 5.69 Å². The van der Waals surface area contributed by atoms with E-state index in [2.05, 4.69) is 35.6 Å². The summed E-state index contributed by atoms with van der Waals surface area (Å²) in [7, 11) is 0. The van der Waals surface area contributed by atoms with Gasteiger partial charge in [-0.2, -0.15) is 0 Å². The van der Waals surface area contributed by atoms with Gasteiger partial charge in [-0.05, 0) is 36.2 Å². The van der Waals surface area contributed by atoms with Crippen LogP contribution in [0.2, 0.25) is 0 Å². The molecule has 1 amide bonds. The van der Waals surface area contributed by atoms with Crippen molar-refractivity contribution >= 4 is 22.6 Å². The van der Waals surface area contributed by atoms with Gasteiger partial charge in [0.05, 0.1) is 22.9 Å². The Bertz CT molecular complexity index is 1140. The maximum atomic E-state index is 12.1. The molecule has 3 aromatic heterocycles. The first-order valence-electron chi connectivity index (χ1n) is 11.0. The fourth-order valence-corrected chi connectivity index (χ4v) is 3.88. The number of piperazine rings is 1. The van der Waals surface area contributed by atoms with E-state index < -0.39 is 0 Å². The van der Waals surface area contributed by atoms with Gasteiger partial charge < -0.3 is 9.88 Å². The number of hydrazine groups is 1. The van der Waals surface area contributed by atoms with Crippen molar-refractivity contribution in [3.05, 3.63) is 63.8 Å². The van der Waals surface area contributed by atoms with Gasteiger partial charge in [0.2, 0.25) is 0 Å². The fraction of sp³-hybridized carbons (Fsp3) is 0.391. The summed E-state index contributed by atoms with van der Waals surface area (Å²) in [6.07, 6.45) is 4.35. The summed E-state index contributed by atoms with van der Waals surface area (Å²) < 4.78 is 0. The molecule has 4 rings (SSSR count). The number of fused-ring (bicyclic) bond motifs is 1. The Morgan fingerprint density at radius 1 is 1.09 bits per heavy atom. The highest BCUT2D eigenvalue weighted by Crippen LogP contribution is 2.18. The third-order valence-electron chi connectivity index (χ3n) is 5.71. The summed E-state index contributed by atoms with van der Waals surface area (Å²) >= 11 is 0. The molecular weight excluding hydrogens is 406 g/mol. The second-order valence-electron chi connectivity index (χ2n) is 7.90. The topological polar surface area (TPSA) is 106 Å². The molecule has 3 aromatic rings. The van der Waals surface area contributed by atoms with Gasteiger partial charge in [-0.3, -0.25) is 24.9 Å². The van der Waals surface area contributed by atoms with Crippen LogP contribution in [0, 0.1) is 0 Å². The van der Waals surface area contributed by atoms with Gasteiger partial charge in [0.25, 0.3) is 11.5 Å². The number of hydrogen-bond acceptors (Lipinski definition) is 7. The number of pyridine rings is 3. The molecule has 0 atom stereocenters. The zero-order valence-electron chi connectivity index (χ0n) is 18.5. The Kier molecular flexibility index (Phi) is 6.77. The first-order chi connectivity index (χ1) is 15.6. The van der Waals surface area contributed by atoms with Gasteiger partial charge >= 0.3 is 0 Å². The largest absolute Gasteiger partial charge is 0.368 e. The lowest BCUT2D eigenvalue weighted by molar-refractivity contribution is 0.0929. The minimum atomic E-state index is -0.237. The van der Waals surface area contributed by atoms with Gasteiger partial charge in [0.15, 0.2) is 0 Å². The van der Waals surface area contributed by atoms with Crippen molar-refractivity contribution in [1.82, 2.24) is 30.7 Å². The van der Waals surface area contributed by atoms with Crippen molar-refractivity contribution in [2.45, 2.75) is 26.8 Å². The first kappa shape index (κ1) is 21.9. The van der Waals surface area contributed by atoms with E-state index in [1.54, 1.807) is 12.3 Å². The number of amides is 1. The van der Waals surface area contributed by atoms with Gasteiger partial charge in [-0.15, -0.1) is 0 Å². The summed E-state index contributed by atoms with van der Waals surface area (Å²) in [5.74, 6) is -0.237. The van der Waals surface area contributed by atoms with Crippen LogP contribution >= 0.6 is 0 Å². The summed E-state index contributed by atoms with van der Waals surface area (Å²) in [6, 6.07) is 7.59. The highest BCUT2D eigenvalue weighted by molar-refractivity contribution is 5.92. The Labute approximate surface area is 186 Å². The summed E-state index contributed by atoms with van der Waals surface area (Å²) in [5, 5.41) is 0. The highest BCUT2D eigenvalue weighted by atomic mass is 16.2. The van der Waals surface area contributed by atoms with E-state index in [1.807, 2.05) is 38.2 Å². The van der Waals surface area contributed by atoms with Crippen molar-refractivity contribution in [2.75, 3.05) is 37.6 Å². The molecule has 0 aliphatic carbocycles. The summed E-state index contributed by atoms with van der Waals surface area (Å²) in [6.45, 7) is 8.90. The molecule has 32 heavy (non-hydrogen) atoms. The maximum Gasteiger partial charge on any atom is 0.283 e. The number of aromatic nitrogens is 3. The van der Waals surface area contributed by atoms with Gasteiger partial charge in [-0.1, -0.05) is 13.8 Å². The molecule has 1 saturated heterocycles. The molecule has 1 aliphatic heterocycles. The van der Waals surface area contributed by atoms with Gasteiger partial charge in [0, 0.05) is 51.0 Å². The number of nitrogens with one attached hydrogen (secondary N) is 3. The Morgan fingerprint density at radius 2 is 1.91 bits per heavy atom. The number of anilines is 1. The maximum absolute atomic E-state index is 12.1. The van der Waals surface area contributed by atoms with Crippen LogP contribution in [0.1, 0.15) is 35.5 Å². The number of H-pyrrole nitrogens is 1. The van der Waals surface area contributed by atoms with E-state index in [9.17, 15) is 9.59 Å². The van der Waals surface area contributed by atoms with Crippen LogP contribution in [0.5, 0.6) is 0 Å². The average Bonchev–Trinajstić information content (AvgIpc) is 2.82. The predicted octanol–water partition coefficient (Wildman–Crippen LogP) is 1.46. The fourth-order valence-electron chi connectivity index (χ4n) is 3.88. The molecule has 9 heteroatoms. The summed E-state index contributed by atoms with van der Waals surface area (Å²) in [5.41, 5.74) is 10.2. The Morgan fingerprint density at radius 3 is 2.59 bits per heavy atom. The number of carbonyl (C=O) groups excluding carboxylic acids is 1. The number of aryl methyl sites for hydroxylation is 1. The SMILES string of the molecule is CCNNC(=O)c1ccc(N2CCN(Cc3cnc4cc(CC)c(=O)[nH]c4c3)CC2)cn1. The number of hydrogen-bond donors (Lipinski definition) is 3. The zero-order chi connectivity index (χ0) is 22.5. The molecular formula is C23H29N7O2. The van der Waals surface area contributed by atoms with Gasteiger partial charge in [-0.25, -0.2) is 10.4 Å². The van der Waals surface area contributed by atoms with Crippen LogP contribution in [0.3, 0.4) is 0 Å². The van der Waals surface area contributed by atoms with E-state index in [0.29, 0.717) is 18.7 Å². The molecule has 0 bridgehead atoms. The molecule has 4 heterocycles. The van der Waals surface area contributed by atoms with Crippen molar-refractivity contribution in [2.24, 2.45) is 0 Å². The molecule has 1 fully saturated rings. The quantitative estimate of drug-likeness (QED) is 0.483. The molecule has 0 radical (unpaired) electrons. The predicted molar refractivity (Wildman–Crippen MR) is 125 cm³/mol. The van der Waals surface area contributed by atoms with Crippen LogP contribution in [0.25, 0.3) is 11.0 Å². The van der Waals surface area contributed by atoms with E-state index in [0.717, 1.165) is 60.6 Å². The molecule has 0 aromatic carbocycles. The van der Waals surface area contributed by atoms with Crippen molar-refractivity contribution in [3.8, 4) is 0 Å². The minimum absolute atomic E-state index is 0.0358. The molecule has 168 valence electrons. The van der Waals surface area contributed by atoms with Crippen LogP contribution in [0.4, 0.5) is 5.69 Å². The number of aromatic amines is 1. The number of carbonyl (C=O) groups is 1. The summed E-state index contributed by atoms with van der Waals surface area (Å²) in [4.78, 5) is 40.5. The zero-order valence-corrected chi connectivity index (χ0v) is 18.5. The van der Waals surface area contributed by atoms with Crippen LogP contribution < -0.4 is 21.3 Å². The molecule has 0 unspecified atom stereocenters. The monoisotopic (exact) mass is 435 g/mol. The van der Waals surface area contributed by atoms with Crippen molar-refractivity contribution < 1.29 is 4.79 Å². The normalized spacial score (nSPS) is 14.6. The van der Waals surface area contributed by atoms with Crippen LogP contribution in [0.15, 0.2) is 41.5 Å². The van der Waals surface area contributed by atoms with Crippen LogP contribution in [-0.4, -0.2) is 58.5 Å². The highest BCUT2D eigenvalue weighted by Gasteiger charge is 2.18. The molecule has 3 N–H and O–H groups in total. The smallest absolute Gasteiger partial charge is 0.283 e. The third kappa shape index (κ3) is 4.95. The number of rotatable bonds is 7. The Balaban J connectivity index is 1.35. The Hall–Kier alpha value is -3.30. The van der Waals surface area contributed by atoms with E-state index >= 15 is 0 Å². The second-order valence-corrected chi connectivity index (χ2v) is 7.90. The molecule has 1 aliphatic rings. The second kappa shape index (κ2) is 9.88. The number of nitrogens with zero attached hydrogens (tertiary/aromatic N) is 4. The molecule has 9 nitrogen and oxygen atoms in total. The van der Waals surface area contributed by atoms with E-state index in [4.69, 9.17) is 0 Å². The van der Waals surface area contributed by atoms with Crippen molar-refractivity contribution in [3.63, 3.8) is 0 Å². The first-order valence-corrected chi connectivity index (χ1v) is 11.0. The average molecular weight is 436 g/mol. The van der Waals surface area contributed by atoms with Crippen LogP contribution in [-0.2, 0) is 13.0 Å². The molecule has 0 saturated carbocycles. The van der Waals surface area contributed by atoms with E-state index in [-0.39, 0.29) is 11.5 Å².